The van der Waals surface area contributed by atoms with Gasteiger partial charge in [0, 0.05) is 82.5 Å². The number of carbonyl (C=O) groups is 5. The Morgan fingerprint density at radius 2 is 1.35 bits per heavy atom. The van der Waals surface area contributed by atoms with Crippen molar-refractivity contribution in [3.05, 3.63) is 108 Å². The van der Waals surface area contributed by atoms with Crippen LogP contribution in [0.3, 0.4) is 0 Å². The molecule has 1 saturated carbocycles. The highest BCUT2D eigenvalue weighted by atomic mass is 32.1. The van der Waals surface area contributed by atoms with Crippen molar-refractivity contribution in [3.63, 3.8) is 0 Å². The number of hydrogen-bond acceptors (Lipinski definition) is 31. The number of cyclic esters (lactones) is 1. The number of anilines is 2. The van der Waals surface area contributed by atoms with E-state index in [-0.39, 0.29) is 73.3 Å². The van der Waals surface area contributed by atoms with Gasteiger partial charge in [0.05, 0.1) is 142 Å². The largest absolute Gasteiger partial charge is 0.465 e. The van der Waals surface area contributed by atoms with Gasteiger partial charge in [0.25, 0.3) is 22.9 Å². The highest BCUT2D eigenvalue weighted by Crippen LogP contribution is 2.39. The fraction of sp³-hybridized carbons (Fsp3) is 0.640. The minimum Gasteiger partial charge on any atom is -0.465 e. The molecule has 34 nitrogen and oxygen atoms in total. The summed E-state index contributed by atoms with van der Waals surface area (Å²) >= 11 is 5.59. The Morgan fingerprint density at radius 3 is 2.00 bits per heavy atom. The number of oxazole rings is 1. The predicted octanol–water partition coefficient (Wildman–Crippen LogP) is 6.91. The van der Waals surface area contributed by atoms with Crippen LogP contribution in [0.2, 0.25) is 0 Å². The molecular formula is C89H131N11O23S. The molecule has 3 aliphatic heterocycles. The molecule has 0 spiro atoms. The van der Waals surface area contributed by atoms with Crippen LogP contribution in [0.5, 0.6) is 0 Å². The van der Waals surface area contributed by atoms with Gasteiger partial charge in [-0.15, -0.1) is 0 Å². The molecule has 35 heteroatoms. The number of hydrogen-bond donors (Lipinski definition) is 9. The number of rotatable bonds is 38. The number of methoxy groups -OCH3 is 2. The Kier molecular flexibility index (Phi) is 41.4. The maximum Gasteiger partial charge on any atom is 0.329 e. The fourth-order valence-electron chi connectivity index (χ4n) is 15.8. The predicted molar refractivity (Wildman–Crippen MR) is 465 cm³/mol. The number of nitrogen functional groups attached to an aromatic ring is 2. The van der Waals surface area contributed by atoms with Crippen molar-refractivity contribution in [1.82, 2.24) is 40.3 Å². The van der Waals surface area contributed by atoms with Crippen LogP contribution < -0.4 is 27.8 Å². The van der Waals surface area contributed by atoms with Gasteiger partial charge >= 0.3 is 5.97 Å². The molecule has 16 atom stereocenters. The van der Waals surface area contributed by atoms with Crippen LogP contribution in [0.1, 0.15) is 136 Å². The van der Waals surface area contributed by atoms with Crippen LogP contribution in [-0.4, -0.2) is 284 Å². The number of Topliss-reactive ketones (excluding diaryl/α,β-unsaturated/α-hetero) is 2. The molecular weight excluding hydrogens is 1620 g/mol. The number of ketones is 2. The number of benzene rings is 2. The summed E-state index contributed by atoms with van der Waals surface area (Å²) in [4.78, 5) is 83.8. The van der Waals surface area contributed by atoms with Gasteiger partial charge in [0.1, 0.15) is 53.8 Å². The molecule has 6 heterocycles. The number of ether oxygens (including phenoxy) is 13. The van der Waals surface area contributed by atoms with E-state index in [1.165, 1.54) is 6.33 Å². The fourth-order valence-corrected chi connectivity index (χ4v) is 16.0. The third kappa shape index (κ3) is 30.5. The minimum absolute atomic E-state index is 0.0294. The van der Waals surface area contributed by atoms with Gasteiger partial charge in [-0.3, -0.25) is 19.2 Å². The Bertz CT molecular complexity index is 4300. The summed E-state index contributed by atoms with van der Waals surface area (Å²) < 4.78 is 82.8. The Morgan fingerprint density at radius 1 is 0.702 bits per heavy atom. The molecule has 1 aliphatic carbocycles. The first kappa shape index (κ1) is 99.6. The van der Waals surface area contributed by atoms with Crippen LogP contribution in [-0.2, 0) is 98.6 Å². The van der Waals surface area contributed by atoms with E-state index in [1.54, 1.807) is 58.7 Å². The van der Waals surface area contributed by atoms with Gasteiger partial charge in [-0.25, -0.2) is 19.4 Å². The first-order valence-electron chi connectivity index (χ1n) is 43.3. The number of amides is 2. The van der Waals surface area contributed by atoms with Gasteiger partial charge in [0.2, 0.25) is 11.7 Å². The van der Waals surface area contributed by atoms with Crippen LogP contribution in [0.4, 0.5) is 11.8 Å². The first-order chi connectivity index (χ1) is 59.7. The van der Waals surface area contributed by atoms with E-state index in [9.17, 15) is 44.4 Å². The zero-order chi connectivity index (χ0) is 89.1. The number of esters is 1. The highest BCUT2D eigenvalue weighted by Gasteiger charge is 2.53. The number of piperidine rings is 1. The molecule has 686 valence electrons. The van der Waals surface area contributed by atoms with Crippen molar-refractivity contribution < 1.29 is 110 Å². The number of thiocarbonyl (C=S) groups is 1. The van der Waals surface area contributed by atoms with Crippen LogP contribution >= 0.6 is 12.2 Å². The molecule has 3 fully saturated rings. The van der Waals surface area contributed by atoms with E-state index in [2.05, 4.69) is 25.6 Å². The second-order valence-corrected chi connectivity index (χ2v) is 32.9. The van der Waals surface area contributed by atoms with E-state index >= 15 is 0 Å². The van der Waals surface area contributed by atoms with Gasteiger partial charge in [-0.1, -0.05) is 88.4 Å². The van der Waals surface area contributed by atoms with Crippen molar-refractivity contribution in [2.45, 2.75) is 205 Å². The monoisotopic (exact) mass is 1750 g/mol. The van der Waals surface area contributed by atoms with E-state index in [0.29, 0.717) is 210 Å². The van der Waals surface area contributed by atoms with E-state index in [4.69, 9.17) is 101 Å². The average Bonchev–Trinajstić information content (AvgIpc) is 1.19. The first-order valence-corrected chi connectivity index (χ1v) is 43.8. The summed E-state index contributed by atoms with van der Waals surface area (Å²) in [5.41, 5.74) is 25.3. The lowest BCUT2D eigenvalue weighted by molar-refractivity contribution is -0.265. The van der Waals surface area contributed by atoms with Crippen molar-refractivity contribution in [1.29, 1.82) is 0 Å². The molecule has 2 bridgehead atoms. The molecule has 9 rings (SSSR count). The second kappa shape index (κ2) is 51.6. The number of aliphatic hydroxyl groups is 4. The molecule has 4 aliphatic rings. The summed E-state index contributed by atoms with van der Waals surface area (Å²) in [7, 11) is 3.15. The van der Waals surface area contributed by atoms with E-state index < -0.39 is 108 Å². The van der Waals surface area contributed by atoms with Crippen LogP contribution in [0.25, 0.3) is 33.4 Å². The molecule has 12 N–H and O–H groups in total. The number of fused-ring (bicyclic) bond motifs is 5. The standard InChI is InChI=1S/C89H131N11O23S/c1-56-14-10-9-11-15-57(2)73(110-7)51-66-24-17-61(6)89(109,123-66)82(106)85(107)99-29-13-12-16-69(99)86(108)120-74(52-70(101)58(3)47-60(5)80(104)81(105)79(103)59(4)46-56)67(90)48-64-22-25-72(75(49-64)111-8)122-88(124)93-28-31-113-33-35-115-37-39-117-41-43-119-45-44-118-42-40-116-38-36-114-34-32-112-30-27-76(102)94-53-62-18-20-63(21-19-62)54-100-84-77(83(91)95-55-96-84)78(98-100)65-23-26-71-68(50-65)97-87(92)121-71/h9-11,14-15,18-21,23,26,47,50,55-56,58-59,61,64,66-67,69-70,72-75,80-81,101,104-105,109H,12-13,16-17,22,24-25,27-46,48-49,51-54,90H2,1-8H3,(H2,92,97)(H,93,124)(H,94,102)(H2,91,95,96)/b11-9?,14-10+,57-15?,60-47+/t56-,58-,59-,61-,64+,66+,67-,69+,70-,72-,73+,74+,75-,80-,81+,89-/m1/s1. The summed E-state index contributed by atoms with van der Waals surface area (Å²) in [6.07, 6.45) is 9.49. The third-order valence-corrected chi connectivity index (χ3v) is 23.3. The molecule has 5 aromatic rings. The Hall–Kier alpha value is -8.18. The lowest BCUT2D eigenvalue weighted by atomic mass is 9.80. The third-order valence-electron chi connectivity index (χ3n) is 23.1. The smallest absolute Gasteiger partial charge is 0.329 e. The zero-order valence-corrected chi connectivity index (χ0v) is 73.8. The van der Waals surface area contributed by atoms with E-state index in [0.717, 1.165) is 27.2 Å². The number of allylic oxidation sites excluding steroid dienone is 5. The summed E-state index contributed by atoms with van der Waals surface area (Å²) in [6.45, 7) is 17.7. The molecule has 2 amide bonds. The average molecular weight is 1760 g/mol. The molecule has 3 aromatic heterocycles. The van der Waals surface area contributed by atoms with Crippen molar-refractivity contribution in [2.75, 3.05) is 144 Å². The maximum atomic E-state index is 14.7. The van der Waals surface area contributed by atoms with Crippen molar-refractivity contribution >= 4 is 80.7 Å². The lowest BCUT2D eigenvalue weighted by Gasteiger charge is -2.43. The Labute approximate surface area is 731 Å². The normalized spacial score (nSPS) is 26.7. The number of nitrogens with two attached hydrogens (primary N) is 3. The summed E-state index contributed by atoms with van der Waals surface area (Å²) in [5.74, 6) is -8.12. The SMILES string of the molecule is CO[C@H]1C[C@@H]2CC[C@@H](C)[C@@](O)(O2)C(=O)C(=O)N2CCCC[C@H]2C(=O)O[C@H]([C@H](N)C[C@@H]2CC[C@@H](OC(=S)NCCOCCOCCOCCOCCOCCOCCOCCOCCC(=O)NCc3ccc(Cn4nc(-c5ccc6oc(N)nc6c5)c5c(N)ncnc54)cc3)[C@H](OC)C2)C[C@@H](O)[C@H](C)/C=C(\C)[C@@H](O)[C@@H](O)C(=O)[C@H](C)C[C@H](C)/C=C/C=CC=C1C. The molecule has 2 aromatic carbocycles. The van der Waals surface area contributed by atoms with Gasteiger partial charge in [-0.05, 0) is 143 Å². The topological polar surface area (TPSA) is 461 Å². The van der Waals surface area contributed by atoms with Crippen LogP contribution in [0, 0.1) is 29.6 Å². The lowest BCUT2D eigenvalue weighted by Crippen LogP contribution is -2.61. The van der Waals surface area contributed by atoms with E-state index in [1.807, 2.05) is 80.6 Å². The minimum atomic E-state index is -2.49. The zero-order valence-electron chi connectivity index (χ0n) is 72.9. The summed E-state index contributed by atoms with van der Waals surface area (Å²) in [6, 6.07) is 11.3. The van der Waals surface area contributed by atoms with Crippen LogP contribution in [0.15, 0.2) is 101 Å². The molecule has 0 unspecified atom stereocenters. The molecule has 124 heavy (non-hydrogen) atoms. The number of nitrogens with zero attached hydrogens (tertiary/aromatic N) is 6. The number of aliphatic hydroxyl groups excluding tert-OH is 3. The van der Waals surface area contributed by atoms with Gasteiger partial charge in [-0.2, -0.15) is 10.1 Å². The quantitative estimate of drug-likeness (QED) is 0.00637. The maximum absolute atomic E-state index is 14.7. The highest BCUT2D eigenvalue weighted by molar-refractivity contribution is 7.80. The number of aromatic nitrogens is 5. The number of carbonyl (C=O) groups excluding carboxylic acids is 5. The van der Waals surface area contributed by atoms with Gasteiger partial charge in [0.15, 0.2) is 17.0 Å². The molecule has 0 radical (unpaired) electrons. The van der Waals surface area contributed by atoms with Crippen molar-refractivity contribution in [2.24, 2.45) is 35.3 Å². The Balaban J connectivity index is 0.591. The van der Waals surface area contributed by atoms with Gasteiger partial charge < -0.3 is 119 Å². The molecule has 2 saturated heterocycles. The van der Waals surface area contributed by atoms with Crippen molar-refractivity contribution in [3.8, 4) is 11.3 Å². The second-order valence-electron chi connectivity index (χ2n) is 32.5. The summed E-state index contributed by atoms with van der Waals surface area (Å²) in [5, 5.41) is 58.3. The number of nitrogens with one attached hydrogen (secondary N) is 2.